The van der Waals surface area contributed by atoms with Gasteiger partial charge in [-0.05, 0) is 50.2 Å². The normalized spacial score (nSPS) is 11.9. The maximum atomic E-state index is 13.0. The van der Waals surface area contributed by atoms with Crippen LogP contribution in [0.2, 0.25) is 0 Å². The summed E-state index contributed by atoms with van der Waals surface area (Å²) in [7, 11) is 0. The lowest BCUT2D eigenvalue weighted by atomic mass is 10.1. The number of hydrazine groups is 1. The van der Waals surface area contributed by atoms with Gasteiger partial charge in [-0.15, -0.1) is 0 Å². The third kappa shape index (κ3) is 6.94. The number of phenols is 1. The number of hydrogen-bond donors (Lipinski definition) is 4. The van der Waals surface area contributed by atoms with Gasteiger partial charge in [-0.1, -0.05) is 47.5 Å². The molecule has 3 aromatic rings. The number of carboxylic acids is 1. The Hall–Kier alpha value is -5.19. The van der Waals surface area contributed by atoms with Gasteiger partial charge in [-0.25, -0.2) is 14.4 Å². The first kappa shape index (κ1) is 27.4. The van der Waals surface area contributed by atoms with E-state index in [9.17, 15) is 34.2 Å². The van der Waals surface area contributed by atoms with E-state index in [1.54, 1.807) is 38.1 Å². The van der Waals surface area contributed by atoms with Crippen LogP contribution in [-0.2, 0) is 19.1 Å². The van der Waals surface area contributed by atoms with Crippen LogP contribution in [-0.4, -0.2) is 52.1 Å². The summed E-state index contributed by atoms with van der Waals surface area (Å²) >= 11 is 0. The number of hydrogen-bond acceptors (Lipinski definition) is 8. The first-order valence-corrected chi connectivity index (χ1v) is 11.2. The number of nitrogens with one attached hydrogen (secondary N) is 2. The number of carbonyl (C=O) groups is 5. The molecule has 0 heterocycles. The van der Waals surface area contributed by atoms with Gasteiger partial charge < -0.3 is 19.7 Å². The highest BCUT2D eigenvalue weighted by molar-refractivity contribution is 6.00. The van der Waals surface area contributed by atoms with Crippen molar-refractivity contribution in [1.29, 1.82) is 0 Å². The molecule has 0 aliphatic heterocycles. The van der Waals surface area contributed by atoms with Gasteiger partial charge in [0.2, 0.25) is 12.2 Å². The number of benzene rings is 3. The zero-order valence-corrected chi connectivity index (χ0v) is 20.3. The molecule has 0 saturated carbocycles. The molecule has 0 saturated heterocycles. The summed E-state index contributed by atoms with van der Waals surface area (Å²) in [5.41, 5.74) is 5.17. The minimum Gasteiger partial charge on any atom is -0.507 e. The van der Waals surface area contributed by atoms with Crippen molar-refractivity contribution in [2.45, 2.75) is 26.1 Å². The van der Waals surface area contributed by atoms with Crippen LogP contribution >= 0.6 is 0 Å². The molecule has 0 bridgehead atoms. The summed E-state index contributed by atoms with van der Waals surface area (Å²) in [6.07, 6.45) is -4.49. The molecule has 0 fully saturated rings. The van der Waals surface area contributed by atoms with Crippen LogP contribution in [0.3, 0.4) is 0 Å². The van der Waals surface area contributed by atoms with Gasteiger partial charge in [0.15, 0.2) is 0 Å². The Morgan fingerprint density at radius 1 is 0.711 bits per heavy atom. The second-order valence-corrected chi connectivity index (χ2v) is 8.19. The molecular weight excluding hydrogens is 496 g/mol. The molecule has 11 nitrogen and oxygen atoms in total. The van der Waals surface area contributed by atoms with E-state index in [1.807, 2.05) is 10.9 Å². The summed E-state index contributed by atoms with van der Waals surface area (Å²) in [4.78, 5) is 62.9. The molecule has 11 heteroatoms. The van der Waals surface area contributed by atoms with E-state index in [4.69, 9.17) is 9.47 Å². The molecular formula is C27H24N2O9. The highest BCUT2D eigenvalue weighted by Crippen LogP contribution is 2.16. The van der Waals surface area contributed by atoms with Crippen molar-refractivity contribution in [3.63, 3.8) is 0 Å². The fourth-order valence-electron chi connectivity index (χ4n) is 3.33. The molecule has 196 valence electrons. The zero-order valence-electron chi connectivity index (χ0n) is 20.3. The van der Waals surface area contributed by atoms with Gasteiger partial charge >= 0.3 is 17.9 Å². The van der Waals surface area contributed by atoms with Gasteiger partial charge in [-0.3, -0.25) is 20.4 Å². The second kappa shape index (κ2) is 12.2. The highest BCUT2D eigenvalue weighted by Gasteiger charge is 2.41. The average Bonchev–Trinajstić information content (AvgIpc) is 2.88. The van der Waals surface area contributed by atoms with Crippen molar-refractivity contribution in [3.05, 3.63) is 101 Å². The van der Waals surface area contributed by atoms with Crippen molar-refractivity contribution in [1.82, 2.24) is 10.9 Å². The molecule has 4 N–H and O–H groups in total. The van der Waals surface area contributed by atoms with E-state index in [-0.39, 0.29) is 22.4 Å². The quantitative estimate of drug-likeness (QED) is 0.257. The topological polar surface area (TPSA) is 168 Å². The van der Waals surface area contributed by atoms with E-state index < -0.39 is 41.9 Å². The lowest BCUT2D eigenvalue weighted by Gasteiger charge is -2.23. The molecule has 0 spiro atoms. The van der Waals surface area contributed by atoms with Crippen molar-refractivity contribution >= 4 is 29.7 Å². The van der Waals surface area contributed by atoms with E-state index >= 15 is 0 Å². The maximum Gasteiger partial charge on any atom is 0.349 e. The first-order valence-electron chi connectivity index (χ1n) is 11.2. The van der Waals surface area contributed by atoms with Gasteiger partial charge in [0.1, 0.15) is 5.75 Å². The molecule has 0 aliphatic rings. The molecule has 0 aliphatic carbocycles. The van der Waals surface area contributed by atoms with E-state index in [0.29, 0.717) is 11.1 Å². The van der Waals surface area contributed by atoms with Crippen LogP contribution in [0.1, 0.15) is 42.2 Å². The van der Waals surface area contributed by atoms with Crippen molar-refractivity contribution in [3.8, 4) is 5.75 Å². The Kier molecular flexibility index (Phi) is 8.78. The highest BCUT2D eigenvalue weighted by atomic mass is 16.6. The fraction of sp³-hybridized carbons (Fsp3) is 0.148. The summed E-state index contributed by atoms with van der Waals surface area (Å²) in [6, 6.07) is 17.7. The number of aromatic hydroxyl groups is 1. The van der Waals surface area contributed by atoms with Crippen molar-refractivity contribution < 1.29 is 43.7 Å². The number of para-hydroxylation sites is 1. The van der Waals surface area contributed by atoms with Crippen molar-refractivity contribution in [2.24, 2.45) is 0 Å². The van der Waals surface area contributed by atoms with Crippen LogP contribution in [0.15, 0.2) is 72.8 Å². The molecule has 3 aromatic carbocycles. The summed E-state index contributed by atoms with van der Waals surface area (Å²) < 4.78 is 10.3. The van der Waals surface area contributed by atoms with E-state index in [2.05, 4.69) is 0 Å². The SMILES string of the molecule is Cc1cccc(C(=O)O[C@H](C(=O)NNC(=O)c2ccccc2O)[C@@H](OC(=O)c2cccc(C)c2)C(=O)O)c1. The van der Waals surface area contributed by atoms with Gasteiger partial charge in [0.05, 0.1) is 16.7 Å². The number of carboxylic acid groups (broad SMARTS) is 1. The number of rotatable bonds is 8. The Morgan fingerprint density at radius 2 is 1.24 bits per heavy atom. The fourth-order valence-corrected chi connectivity index (χ4v) is 3.33. The number of amides is 2. The molecule has 38 heavy (non-hydrogen) atoms. The smallest absolute Gasteiger partial charge is 0.349 e. The second-order valence-electron chi connectivity index (χ2n) is 8.19. The Morgan fingerprint density at radius 3 is 1.74 bits per heavy atom. The predicted octanol–water partition coefficient (Wildman–Crippen LogP) is 2.31. The van der Waals surface area contributed by atoms with Crippen LogP contribution in [0.5, 0.6) is 5.75 Å². The summed E-state index contributed by atoms with van der Waals surface area (Å²) in [5.74, 6) is -6.56. The monoisotopic (exact) mass is 520 g/mol. The van der Waals surface area contributed by atoms with E-state index in [0.717, 1.165) is 0 Å². The summed E-state index contributed by atoms with van der Waals surface area (Å²) in [5, 5.41) is 19.6. The molecule has 0 radical (unpaired) electrons. The third-order valence-electron chi connectivity index (χ3n) is 5.20. The average molecular weight is 520 g/mol. The zero-order chi connectivity index (χ0) is 27.8. The largest absolute Gasteiger partial charge is 0.507 e. The molecule has 0 unspecified atom stereocenters. The van der Waals surface area contributed by atoms with Gasteiger partial charge in [0.25, 0.3) is 11.8 Å². The number of carbonyl (C=O) groups excluding carboxylic acids is 4. The van der Waals surface area contributed by atoms with Crippen LogP contribution in [0.25, 0.3) is 0 Å². The Balaban J connectivity index is 1.87. The maximum absolute atomic E-state index is 13.0. The minimum atomic E-state index is -2.28. The Labute approximate surface area is 217 Å². The molecule has 0 aromatic heterocycles. The number of esters is 2. The Bertz CT molecular complexity index is 1390. The van der Waals surface area contributed by atoms with Gasteiger partial charge in [0, 0.05) is 0 Å². The van der Waals surface area contributed by atoms with Crippen LogP contribution in [0.4, 0.5) is 0 Å². The number of aliphatic carboxylic acids is 1. The number of ether oxygens (including phenoxy) is 2. The first-order chi connectivity index (χ1) is 18.1. The number of aryl methyl sites for hydroxylation is 2. The van der Waals surface area contributed by atoms with E-state index in [1.165, 1.54) is 48.5 Å². The predicted molar refractivity (Wildman–Crippen MR) is 132 cm³/mol. The molecule has 3 rings (SSSR count). The lowest BCUT2D eigenvalue weighted by molar-refractivity contribution is -0.159. The molecule has 2 atom stereocenters. The van der Waals surface area contributed by atoms with Crippen LogP contribution < -0.4 is 10.9 Å². The lowest BCUT2D eigenvalue weighted by Crippen LogP contribution is -2.54. The van der Waals surface area contributed by atoms with Crippen LogP contribution in [0, 0.1) is 13.8 Å². The minimum absolute atomic E-state index is 0.00766. The molecule has 2 amide bonds. The standard InChI is InChI=1S/C27H24N2O9/c1-15-7-5-9-17(13-15)26(35)37-21(24(32)29-28-23(31)19-11-3-4-12-20(19)30)22(25(33)34)38-27(36)18-10-6-8-16(2)14-18/h3-14,21-22,30H,1-2H3,(H,28,31)(H,29,32)(H,33,34)/t21-,22+/m0/s1. The summed E-state index contributed by atoms with van der Waals surface area (Å²) in [6.45, 7) is 3.41. The van der Waals surface area contributed by atoms with Crippen molar-refractivity contribution in [2.75, 3.05) is 0 Å². The third-order valence-corrected chi connectivity index (χ3v) is 5.20. The van der Waals surface area contributed by atoms with Gasteiger partial charge in [-0.2, -0.15) is 0 Å². The number of phenolic OH excluding ortho intramolecular Hbond substituents is 1.